The van der Waals surface area contributed by atoms with Crippen molar-refractivity contribution in [2.75, 3.05) is 5.32 Å². The van der Waals surface area contributed by atoms with E-state index in [1.165, 1.54) is 0 Å². The average Bonchev–Trinajstić information content (AvgIpc) is 2.73. The molecule has 2 heterocycles. The van der Waals surface area contributed by atoms with E-state index in [9.17, 15) is 4.79 Å². The molecule has 2 aromatic rings. The summed E-state index contributed by atoms with van der Waals surface area (Å²) >= 11 is 6.01. The molecule has 0 atom stereocenters. The van der Waals surface area contributed by atoms with Gasteiger partial charge in [-0.15, -0.1) is 0 Å². The maximum Gasteiger partial charge on any atom is 0.304 e. The lowest BCUT2D eigenvalue weighted by Crippen LogP contribution is -2.10. The molecule has 0 fully saturated rings. The van der Waals surface area contributed by atoms with Crippen LogP contribution in [-0.2, 0) is 6.54 Å². The summed E-state index contributed by atoms with van der Waals surface area (Å²) in [7, 11) is 0. The minimum absolute atomic E-state index is 0.0633. The van der Waals surface area contributed by atoms with Gasteiger partial charge >= 0.3 is 4.87 Å². The largest absolute Gasteiger partial charge is 0.389 e. The van der Waals surface area contributed by atoms with E-state index in [0.717, 1.165) is 22.6 Å². The highest BCUT2D eigenvalue weighted by molar-refractivity contribution is 7.80. The van der Waals surface area contributed by atoms with Crippen LogP contribution >= 0.6 is 23.6 Å². The first-order chi connectivity index (χ1) is 8.15. The number of thiocarbonyl (C=S) groups is 1. The molecule has 0 spiro atoms. The van der Waals surface area contributed by atoms with E-state index in [4.69, 9.17) is 18.0 Å². The minimum atomic E-state index is -0.0633. The topological polar surface area (TPSA) is 83.8 Å². The van der Waals surface area contributed by atoms with Gasteiger partial charge in [-0.1, -0.05) is 23.6 Å². The summed E-state index contributed by atoms with van der Waals surface area (Å²) in [6, 6.07) is 3.52. The standard InChI is InChI=1S/C10H10N4OS2/c11-9(16)6-1-2-12-8(3-6)13-4-7-5-17-10(15)14-7/h1-3,5H,4H2,(H2,11,16)(H,12,13)(H,14,15). The zero-order valence-electron chi connectivity index (χ0n) is 8.77. The van der Waals surface area contributed by atoms with Crippen molar-refractivity contribution in [2.45, 2.75) is 6.54 Å². The maximum atomic E-state index is 10.9. The smallest absolute Gasteiger partial charge is 0.304 e. The molecule has 2 aromatic heterocycles. The van der Waals surface area contributed by atoms with E-state index in [2.05, 4.69) is 15.3 Å². The predicted octanol–water partition coefficient (Wildman–Crippen LogP) is 1.08. The molecule has 0 aliphatic heterocycles. The molecule has 17 heavy (non-hydrogen) atoms. The van der Waals surface area contributed by atoms with Crippen molar-refractivity contribution < 1.29 is 0 Å². The molecule has 0 radical (unpaired) electrons. The Morgan fingerprint density at radius 2 is 2.47 bits per heavy atom. The van der Waals surface area contributed by atoms with Crippen LogP contribution in [0.2, 0.25) is 0 Å². The molecular weight excluding hydrogens is 256 g/mol. The van der Waals surface area contributed by atoms with Gasteiger partial charge in [-0.05, 0) is 12.1 Å². The monoisotopic (exact) mass is 266 g/mol. The van der Waals surface area contributed by atoms with Crippen LogP contribution in [0, 0.1) is 0 Å². The fourth-order valence-corrected chi connectivity index (χ4v) is 1.98. The maximum absolute atomic E-state index is 10.9. The molecule has 0 saturated heterocycles. The molecule has 0 bridgehead atoms. The molecule has 0 amide bonds. The Balaban J connectivity index is 2.06. The number of H-pyrrole nitrogens is 1. The van der Waals surface area contributed by atoms with Crippen molar-refractivity contribution in [3.63, 3.8) is 0 Å². The third-order valence-electron chi connectivity index (χ3n) is 2.08. The number of aromatic nitrogens is 2. The first-order valence-electron chi connectivity index (χ1n) is 4.81. The van der Waals surface area contributed by atoms with Gasteiger partial charge in [0.05, 0.1) is 6.54 Å². The molecule has 0 saturated carbocycles. The Bertz CT molecular complexity index is 590. The van der Waals surface area contributed by atoms with Gasteiger partial charge in [0.2, 0.25) is 0 Å². The van der Waals surface area contributed by atoms with Crippen LogP contribution < -0.4 is 15.9 Å². The zero-order valence-corrected chi connectivity index (χ0v) is 10.4. The SMILES string of the molecule is NC(=S)c1ccnc(NCc2csc(=O)[nH]2)c1. The van der Waals surface area contributed by atoms with E-state index >= 15 is 0 Å². The van der Waals surface area contributed by atoms with Crippen molar-refractivity contribution in [2.24, 2.45) is 5.73 Å². The molecular formula is C10H10N4OS2. The lowest BCUT2D eigenvalue weighted by molar-refractivity contribution is 1.04. The number of aromatic amines is 1. The van der Waals surface area contributed by atoms with E-state index < -0.39 is 0 Å². The summed E-state index contributed by atoms with van der Waals surface area (Å²) in [5, 5.41) is 4.85. The van der Waals surface area contributed by atoms with Gasteiger partial charge in [-0.2, -0.15) is 0 Å². The third kappa shape index (κ3) is 3.11. The summed E-state index contributed by atoms with van der Waals surface area (Å²) in [6.45, 7) is 0.506. The van der Waals surface area contributed by atoms with Crippen LogP contribution in [-0.4, -0.2) is 15.0 Å². The Morgan fingerprint density at radius 1 is 1.65 bits per heavy atom. The molecule has 5 nitrogen and oxygen atoms in total. The molecule has 4 N–H and O–H groups in total. The summed E-state index contributed by atoms with van der Waals surface area (Å²) in [6.07, 6.45) is 1.63. The summed E-state index contributed by atoms with van der Waals surface area (Å²) in [5.41, 5.74) is 7.11. The first kappa shape index (κ1) is 11.7. The number of anilines is 1. The van der Waals surface area contributed by atoms with E-state index in [1.54, 1.807) is 23.7 Å². The van der Waals surface area contributed by atoms with Crippen LogP contribution in [0.4, 0.5) is 5.82 Å². The Kier molecular flexibility index (Phi) is 3.50. The number of nitrogens with zero attached hydrogens (tertiary/aromatic N) is 1. The Morgan fingerprint density at radius 3 is 3.12 bits per heavy atom. The van der Waals surface area contributed by atoms with Gasteiger partial charge in [-0.3, -0.25) is 4.79 Å². The quantitative estimate of drug-likeness (QED) is 0.721. The second-order valence-electron chi connectivity index (χ2n) is 3.32. The molecule has 7 heteroatoms. The summed E-state index contributed by atoms with van der Waals surface area (Å²) in [4.78, 5) is 18.0. The van der Waals surface area contributed by atoms with Gasteiger partial charge in [0.1, 0.15) is 10.8 Å². The predicted molar refractivity (Wildman–Crippen MR) is 72.4 cm³/mol. The highest BCUT2D eigenvalue weighted by Gasteiger charge is 2.00. The Hall–Kier alpha value is -1.73. The first-order valence-corrected chi connectivity index (χ1v) is 6.10. The van der Waals surface area contributed by atoms with Crippen LogP contribution in [0.25, 0.3) is 0 Å². The molecule has 2 rings (SSSR count). The van der Waals surface area contributed by atoms with Crippen molar-refractivity contribution in [3.05, 3.63) is 44.6 Å². The highest BCUT2D eigenvalue weighted by Crippen LogP contribution is 2.08. The molecule has 0 unspecified atom stereocenters. The van der Waals surface area contributed by atoms with E-state index in [0.29, 0.717) is 17.4 Å². The van der Waals surface area contributed by atoms with Gasteiger partial charge in [0, 0.05) is 22.8 Å². The van der Waals surface area contributed by atoms with Crippen molar-refractivity contribution >= 4 is 34.4 Å². The van der Waals surface area contributed by atoms with Crippen LogP contribution in [0.1, 0.15) is 11.3 Å². The average molecular weight is 266 g/mol. The number of rotatable bonds is 4. The minimum Gasteiger partial charge on any atom is -0.389 e. The number of nitrogens with two attached hydrogens (primary N) is 1. The summed E-state index contributed by atoms with van der Waals surface area (Å²) in [5.74, 6) is 0.669. The van der Waals surface area contributed by atoms with Crippen molar-refractivity contribution in [3.8, 4) is 0 Å². The van der Waals surface area contributed by atoms with Gasteiger partial charge < -0.3 is 16.0 Å². The fourth-order valence-electron chi connectivity index (χ4n) is 1.27. The highest BCUT2D eigenvalue weighted by atomic mass is 32.1. The van der Waals surface area contributed by atoms with E-state index in [1.807, 2.05) is 0 Å². The number of thiazole rings is 1. The van der Waals surface area contributed by atoms with E-state index in [-0.39, 0.29) is 4.87 Å². The molecule has 0 aliphatic rings. The lowest BCUT2D eigenvalue weighted by atomic mass is 10.2. The molecule has 88 valence electrons. The van der Waals surface area contributed by atoms with Crippen LogP contribution in [0.3, 0.4) is 0 Å². The number of hydrogen-bond donors (Lipinski definition) is 3. The van der Waals surface area contributed by atoms with Gasteiger partial charge in [0.15, 0.2) is 0 Å². The zero-order chi connectivity index (χ0) is 12.3. The number of nitrogens with one attached hydrogen (secondary N) is 2. The molecule has 0 aromatic carbocycles. The normalized spacial score (nSPS) is 10.1. The second kappa shape index (κ2) is 5.07. The number of hydrogen-bond acceptors (Lipinski definition) is 5. The van der Waals surface area contributed by atoms with Crippen LogP contribution in [0.15, 0.2) is 28.5 Å². The van der Waals surface area contributed by atoms with Gasteiger partial charge in [0.25, 0.3) is 0 Å². The number of pyridine rings is 1. The van der Waals surface area contributed by atoms with Gasteiger partial charge in [-0.25, -0.2) is 4.98 Å². The lowest BCUT2D eigenvalue weighted by Gasteiger charge is -2.05. The second-order valence-corrected chi connectivity index (χ2v) is 4.60. The third-order valence-corrected chi connectivity index (χ3v) is 3.03. The summed E-state index contributed by atoms with van der Waals surface area (Å²) < 4.78 is 0. The molecule has 0 aliphatic carbocycles. The van der Waals surface area contributed by atoms with Crippen molar-refractivity contribution in [1.29, 1.82) is 0 Å². The Labute approximate surface area is 107 Å². The van der Waals surface area contributed by atoms with Crippen LogP contribution in [0.5, 0.6) is 0 Å². The van der Waals surface area contributed by atoms with Crippen molar-refractivity contribution in [1.82, 2.24) is 9.97 Å². The fraction of sp³-hybridized carbons (Fsp3) is 0.100.